The molecule has 74 valence electrons. The highest BCUT2D eigenvalue weighted by Crippen LogP contribution is 2.33. The van der Waals surface area contributed by atoms with E-state index in [1.54, 1.807) is 13.8 Å². The predicted molar refractivity (Wildman–Crippen MR) is 48.2 cm³/mol. The molecule has 1 aliphatic rings. The lowest BCUT2D eigenvalue weighted by atomic mass is 9.75. The summed E-state index contributed by atoms with van der Waals surface area (Å²) in [5.41, 5.74) is -0.853. The summed E-state index contributed by atoms with van der Waals surface area (Å²) in [7, 11) is 0. The maximum absolute atomic E-state index is 11.5. The van der Waals surface area contributed by atoms with Crippen molar-refractivity contribution in [2.24, 2.45) is 5.41 Å². The molecule has 0 heterocycles. The minimum Gasteiger partial charge on any atom is -0.465 e. The van der Waals surface area contributed by atoms with Gasteiger partial charge in [0.15, 0.2) is 0 Å². The Morgan fingerprint density at radius 3 is 2.77 bits per heavy atom. The highest BCUT2D eigenvalue weighted by molar-refractivity contribution is 6.03. The van der Waals surface area contributed by atoms with Crippen LogP contribution >= 0.6 is 0 Å². The van der Waals surface area contributed by atoms with Gasteiger partial charge < -0.3 is 4.74 Å². The van der Waals surface area contributed by atoms with Crippen LogP contribution in [-0.4, -0.2) is 18.4 Å². The van der Waals surface area contributed by atoms with Crippen molar-refractivity contribution < 1.29 is 14.3 Å². The molecule has 3 heteroatoms. The summed E-state index contributed by atoms with van der Waals surface area (Å²) in [5, 5.41) is 0. The van der Waals surface area contributed by atoms with Gasteiger partial charge in [0.1, 0.15) is 11.2 Å². The lowest BCUT2D eigenvalue weighted by molar-refractivity contribution is -0.160. The quantitative estimate of drug-likeness (QED) is 0.484. The zero-order valence-corrected chi connectivity index (χ0v) is 8.26. The molecular formula is C10H16O3. The van der Waals surface area contributed by atoms with Crippen molar-refractivity contribution in [2.45, 2.75) is 39.5 Å². The molecule has 1 atom stereocenters. The summed E-state index contributed by atoms with van der Waals surface area (Å²) in [6.45, 7) is 3.81. The summed E-state index contributed by atoms with van der Waals surface area (Å²) in [5.74, 6) is -0.308. The van der Waals surface area contributed by atoms with E-state index in [1.807, 2.05) is 0 Å². The van der Waals surface area contributed by atoms with E-state index in [1.165, 1.54) is 0 Å². The van der Waals surface area contributed by atoms with Gasteiger partial charge in [0.2, 0.25) is 0 Å². The summed E-state index contributed by atoms with van der Waals surface area (Å²) in [6.07, 6.45) is 3.02. The van der Waals surface area contributed by atoms with Gasteiger partial charge in [0, 0.05) is 6.42 Å². The molecule has 0 aromatic heterocycles. The van der Waals surface area contributed by atoms with E-state index < -0.39 is 5.41 Å². The van der Waals surface area contributed by atoms with Crippen LogP contribution in [0.15, 0.2) is 0 Å². The van der Waals surface area contributed by atoms with Gasteiger partial charge in [0.05, 0.1) is 6.61 Å². The van der Waals surface area contributed by atoms with Crippen molar-refractivity contribution in [1.82, 2.24) is 0 Å². The Labute approximate surface area is 78.5 Å². The van der Waals surface area contributed by atoms with Crippen LogP contribution in [0.25, 0.3) is 0 Å². The third-order valence-electron chi connectivity index (χ3n) is 2.67. The fourth-order valence-corrected chi connectivity index (χ4v) is 1.69. The molecule has 1 fully saturated rings. The van der Waals surface area contributed by atoms with E-state index in [4.69, 9.17) is 4.74 Å². The maximum atomic E-state index is 11.5. The number of hydrogen-bond acceptors (Lipinski definition) is 3. The van der Waals surface area contributed by atoms with Crippen LogP contribution in [0.1, 0.15) is 39.5 Å². The molecule has 1 saturated carbocycles. The first kappa shape index (κ1) is 10.2. The summed E-state index contributed by atoms with van der Waals surface area (Å²) < 4.78 is 4.89. The average molecular weight is 184 g/mol. The topological polar surface area (TPSA) is 43.4 Å². The third-order valence-corrected chi connectivity index (χ3v) is 2.67. The second-order valence-electron chi connectivity index (χ2n) is 3.68. The lowest BCUT2D eigenvalue weighted by Crippen LogP contribution is -2.40. The van der Waals surface area contributed by atoms with Gasteiger partial charge >= 0.3 is 5.97 Å². The molecule has 3 nitrogen and oxygen atoms in total. The average Bonchev–Trinajstić information content (AvgIpc) is 2.11. The zero-order valence-electron chi connectivity index (χ0n) is 8.26. The van der Waals surface area contributed by atoms with Crippen LogP contribution in [0.3, 0.4) is 0 Å². The number of rotatable bonds is 2. The molecule has 1 rings (SSSR count). The van der Waals surface area contributed by atoms with E-state index >= 15 is 0 Å². The van der Waals surface area contributed by atoms with Gasteiger partial charge in [-0.15, -0.1) is 0 Å². The van der Waals surface area contributed by atoms with Gasteiger partial charge in [0.25, 0.3) is 0 Å². The van der Waals surface area contributed by atoms with E-state index in [9.17, 15) is 9.59 Å². The number of ether oxygens (including phenoxy) is 1. The first-order valence-electron chi connectivity index (χ1n) is 4.82. The van der Waals surface area contributed by atoms with E-state index in [0.29, 0.717) is 19.4 Å². The number of hydrogen-bond donors (Lipinski definition) is 0. The van der Waals surface area contributed by atoms with Crippen LogP contribution in [0.2, 0.25) is 0 Å². The molecule has 0 aromatic rings. The number of esters is 1. The number of ketones is 1. The Kier molecular flexibility index (Phi) is 3.07. The SMILES string of the molecule is CCOC(=O)[C@@]1(C)CCCCC1=O. The molecule has 0 saturated heterocycles. The Bertz CT molecular complexity index is 222. The van der Waals surface area contributed by atoms with E-state index in [2.05, 4.69) is 0 Å². The summed E-state index contributed by atoms with van der Waals surface area (Å²) in [4.78, 5) is 23.0. The molecule has 0 spiro atoms. The van der Waals surface area contributed by atoms with Gasteiger partial charge in [-0.25, -0.2) is 0 Å². The van der Waals surface area contributed by atoms with Crippen molar-refractivity contribution in [3.05, 3.63) is 0 Å². The molecule has 13 heavy (non-hydrogen) atoms. The Morgan fingerprint density at radius 1 is 1.54 bits per heavy atom. The molecule has 0 aromatic carbocycles. The second-order valence-corrected chi connectivity index (χ2v) is 3.68. The van der Waals surface area contributed by atoms with Crippen molar-refractivity contribution >= 4 is 11.8 Å². The maximum Gasteiger partial charge on any atom is 0.319 e. The Balaban J connectivity index is 2.71. The monoisotopic (exact) mass is 184 g/mol. The normalized spacial score (nSPS) is 28.6. The minimum absolute atomic E-state index is 0.0391. The summed E-state index contributed by atoms with van der Waals surface area (Å²) >= 11 is 0. The van der Waals surface area contributed by atoms with Crippen LogP contribution < -0.4 is 0 Å². The van der Waals surface area contributed by atoms with Crippen molar-refractivity contribution in [1.29, 1.82) is 0 Å². The first-order chi connectivity index (χ1) is 6.11. The fourth-order valence-electron chi connectivity index (χ4n) is 1.69. The summed E-state index contributed by atoms with van der Waals surface area (Å²) in [6, 6.07) is 0. The van der Waals surface area contributed by atoms with E-state index in [0.717, 1.165) is 12.8 Å². The van der Waals surface area contributed by atoms with E-state index in [-0.39, 0.29) is 11.8 Å². The van der Waals surface area contributed by atoms with Gasteiger partial charge in [-0.2, -0.15) is 0 Å². The van der Waals surface area contributed by atoms with Crippen molar-refractivity contribution in [2.75, 3.05) is 6.61 Å². The smallest absolute Gasteiger partial charge is 0.319 e. The van der Waals surface area contributed by atoms with Crippen LogP contribution in [0.5, 0.6) is 0 Å². The Hall–Kier alpha value is -0.860. The molecule has 0 radical (unpaired) electrons. The molecule has 0 unspecified atom stereocenters. The molecule has 0 bridgehead atoms. The highest BCUT2D eigenvalue weighted by Gasteiger charge is 2.43. The van der Waals surface area contributed by atoms with Crippen molar-refractivity contribution in [3.8, 4) is 0 Å². The predicted octanol–water partition coefficient (Wildman–Crippen LogP) is 1.70. The zero-order chi connectivity index (χ0) is 9.90. The number of Topliss-reactive ketones (excluding diaryl/α,β-unsaturated/α-hetero) is 1. The third kappa shape index (κ3) is 1.90. The molecule has 0 N–H and O–H groups in total. The second kappa shape index (κ2) is 3.90. The standard InChI is InChI=1S/C10H16O3/c1-3-13-9(12)10(2)7-5-4-6-8(10)11/h3-7H2,1-2H3/t10-/m0/s1. The molecule has 1 aliphatic carbocycles. The lowest BCUT2D eigenvalue weighted by Gasteiger charge is -2.29. The van der Waals surface area contributed by atoms with Crippen molar-refractivity contribution in [3.63, 3.8) is 0 Å². The molecule has 0 amide bonds. The van der Waals surface area contributed by atoms with Gasteiger partial charge in [-0.1, -0.05) is 6.42 Å². The highest BCUT2D eigenvalue weighted by atomic mass is 16.5. The number of carbonyl (C=O) groups is 2. The van der Waals surface area contributed by atoms with Gasteiger partial charge in [-0.3, -0.25) is 9.59 Å². The largest absolute Gasteiger partial charge is 0.465 e. The number of carbonyl (C=O) groups excluding carboxylic acids is 2. The Morgan fingerprint density at radius 2 is 2.23 bits per heavy atom. The van der Waals surface area contributed by atoms with Crippen LogP contribution in [0.4, 0.5) is 0 Å². The molecule has 0 aliphatic heterocycles. The van der Waals surface area contributed by atoms with Crippen LogP contribution in [-0.2, 0) is 14.3 Å². The fraction of sp³-hybridized carbons (Fsp3) is 0.800. The minimum atomic E-state index is -0.853. The van der Waals surface area contributed by atoms with Crippen LogP contribution in [0, 0.1) is 5.41 Å². The first-order valence-corrected chi connectivity index (χ1v) is 4.82. The molecular weight excluding hydrogens is 168 g/mol. The van der Waals surface area contributed by atoms with Gasteiger partial charge in [-0.05, 0) is 26.7 Å².